The molecule has 1 amide bonds. The summed E-state index contributed by atoms with van der Waals surface area (Å²) in [6.07, 6.45) is 6.70. The largest absolute Gasteiger partial charge is 0.489 e. The van der Waals surface area contributed by atoms with Gasteiger partial charge >= 0.3 is 0 Å². The third-order valence-corrected chi connectivity index (χ3v) is 5.18. The van der Waals surface area contributed by atoms with Gasteiger partial charge in [-0.1, -0.05) is 36.4 Å². The Kier molecular flexibility index (Phi) is 6.09. The molecular formula is C25H25N3O2. The number of ether oxygens (including phenoxy) is 1. The molecule has 0 aliphatic carbocycles. The molecule has 1 atom stereocenters. The van der Waals surface area contributed by atoms with Gasteiger partial charge in [-0.3, -0.25) is 9.78 Å². The fourth-order valence-electron chi connectivity index (χ4n) is 3.49. The number of nitrogens with one attached hydrogen (secondary N) is 2. The van der Waals surface area contributed by atoms with Crippen molar-refractivity contribution in [2.75, 3.05) is 0 Å². The Morgan fingerprint density at radius 2 is 1.93 bits per heavy atom. The molecule has 0 spiro atoms. The van der Waals surface area contributed by atoms with E-state index in [4.69, 9.17) is 4.74 Å². The van der Waals surface area contributed by atoms with Crippen molar-refractivity contribution < 1.29 is 9.53 Å². The van der Waals surface area contributed by atoms with Crippen molar-refractivity contribution in [1.29, 1.82) is 0 Å². The van der Waals surface area contributed by atoms with Gasteiger partial charge in [-0.25, -0.2) is 0 Å². The minimum atomic E-state index is -0.0622. The average molecular weight is 399 g/mol. The van der Waals surface area contributed by atoms with Gasteiger partial charge in [0.1, 0.15) is 12.4 Å². The topological polar surface area (TPSA) is 67.0 Å². The summed E-state index contributed by atoms with van der Waals surface area (Å²) < 4.78 is 5.79. The minimum Gasteiger partial charge on any atom is -0.489 e. The molecule has 0 saturated heterocycles. The zero-order valence-electron chi connectivity index (χ0n) is 17.0. The van der Waals surface area contributed by atoms with Crippen molar-refractivity contribution in [3.8, 4) is 5.75 Å². The molecule has 0 aliphatic heterocycles. The van der Waals surface area contributed by atoms with Crippen LogP contribution < -0.4 is 10.1 Å². The maximum Gasteiger partial charge on any atom is 0.220 e. The Hall–Kier alpha value is -3.60. The van der Waals surface area contributed by atoms with Crippen molar-refractivity contribution in [1.82, 2.24) is 15.3 Å². The number of hydrogen-bond donors (Lipinski definition) is 2. The Bertz CT molecular complexity index is 1100. The molecule has 2 aromatic heterocycles. The zero-order chi connectivity index (χ0) is 20.8. The van der Waals surface area contributed by atoms with E-state index in [1.165, 1.54) is 10.9 Å². The predicted molar refractivity (Wildman–Crippen MR) is 118 cm³/mol. The van der Waals surface area contributed by atoms with Crippen LogP contribution in [0.3, 0.4) is 0 Å². The standard InChI is InChI=1S/C25H25N3O2/c1-18(20-8-11-22(12-9-20)30-17-19-5-4-14-26-15-19)28-25(29)13-10-21-16-27-24-7-3-2-6-23(21)24/h2-9,11-12,14-16,18,27H,10,13,17H2,1H3,(H,28,29). The lowest BCUT2D eigenvalue weighted by Crippen LogP contribution is -2.26. The molecule has 0 saturated carbocycles. The van der Waals surface area contributed by atoms with Gasteiger partial charge < -0.3 is 15.0 Å². The number of amides is 1. The molecule has 0 bridgehead atoms. The number of H-pyrrole nitrogens is 1. The summed E-state index contributed by atoms with van der Waals surface area (Å²) in [6.45, 7) is 2.47. The molecule has 4 rings (SSSR count). The lowest BCUT2D eigenvalue weighted by Gasteiger charge is -2.15. The summed E-state index contributed by atoms with van der Waals surface area (Å²) in [6, 6.07) is 19.8. The van der Waals surface area contributed by atoms with Gasteiger partial charge in [0.2, 0.25) is 5.91 Å². The second-order valence-corrected chi connectivity index (χ2v) is 7.37. The number of para-hydroxylation sites is 1. The van der Waals surface area contributed by atoms with Crippen LogP contribution in [0.2, 0.25) is 0 Å². The zero-order valence-corrected chi connectivity index (χ0v) is 17.0. The fourth-order valence-corrected chi connectivity index (χ4v) is 3.49. The lowest BCUT2D eigenvalue weighted by atomic mass is 10.1. The third-order valence-electron chi connectivity index (χ3n) is 5.18. The predicted octanol–water partition coefficient (Wildman–Crippen LogP) is 4.95. The van der Waals surface area contributed by atoms with Crippen LogP contribution in [-0.4, -0.2) is 15.9 Å². The Labute approximate surface area is 176 Å². The van der Waals surface area contributed by atoms with E-state index in [1.807, 2.05) is 67.7 Å². The third kappa shape index (κ3) is 4.87. The summed E-state index contributed by atoms with van der Waals surface area (Å²) in [5, 5.41) is 4.27. The molecule has 5 heteroatoms. The SMILES string of the molecule is CC(NC(=O)CCc1c[nH]c2ccccc12)c1ccc(OCc2cccnc2)cc1. The van der Waals surface area contributed by atoms with Crippen LogP contribution in [0.25, 0.3) is 10.9 Å². The van der Waals surface area contributed by atoms with Gasteiger partial charge in [-0.15, -0.1) is 0 Å². The number of aryl methyl sites for hydroxylation is 1. The van der Waals surface area contributed by atoms with Crippen LogP contribution in [-0.2, 0) is 17.8 Å². The van der Waals surface area contributed by atoms with Gasteiger partial charge in [-0.05, 0) is 48.7 Å². The van der Waals surface area contributed by atoms with Gasteiger partial charge in [-0.2, -0.15) is 0 Å². The minimum absolute atomic E-state index is 0.0460. The van der Waals surface area contributed by atoms with E-state index in [0.717, 1.165) is 22.4 Å². The van der Waals surface area contributed by atoms with Crippen LogP contribution >= 0.6 is 0 Å². The van der Waals surface area contributed by atoms with Crippen LogP contribution in [0.1, 0.15) is 36.1 Å². The maximum atomic E-state index is 12.4. The summed E-state index contributed by atoms with van der Waals surface area (Å²) in [5.41, 5.74) is 4.34. The van der Waals surface area contributed by atoms with Gasteiger partial charge in [0.25, 0.3) is 0 Å². The molecule has 0 aliphatic rings. The van der Waals surface area contributed by atoms with E-state index >= 15 is 0 Å². The first-order chi connectivity index (χ1) is 14.7. The number of fused-ring (bicyclic) bond motifs is 1. The second kappa shape index (κ2) is 9.27. The first-order valence-corrected chi connectivity index (χ1v) is 10.1. The molecule has 30 heavy (non-hydrogen) atoms. The Balaban J connectivity index is 1.27. The first kappa shape index (κ1) is 19.7. The Morgan fingerprint density at radius 1 is 1.10 bits per heavy atom. The number of aromatic nitrogens is 2. The van der Waals surface area contributed by atoms with Crippen LogP contribution in [0.5, 0.6) is 5.75 Å². The van der Waals surface area contributed by atoms with Gasteiger partial charge in [0.05, 0.1) is 6.04 Å². The number of pyridine rings is 1. The quantitative estimate of drug-likeness (QED) is 0.440. The van der Waals surface area contributed by atoms with Crippen molar-refractivity contribution in [3.63, 3.8) is 0 Å². The molecule has 4 aromatic rings. The number of nitrogens with zero attached hydrogens (tertiary/aromatic N) is 1. The molecule has 1 unspecified atom stereocenters. The van der Waals surface area contributed by atoms with E-state index in [0.29, 0.717) is 19.4 Å². The first-order valence-electron chi connectivity index (χ1n) is 10.1. The van der Waals surface area contributed by atoms with E-state index in [2.05, 4.69) is 21.4 Å². The Morgan fingerprint density at radius 3 is 2.73 bits per heavy atom. The maximum absolute atomic E-state index is 12.4. The summed E-state index contributed by atoms with van der Waals surface area (Å²) in [7, 11) is 0. The molecule has 2 heterocycles. The number of carbonyl (C=O) groups is 1. The fraction of sp³-hybridized carbons (Fsp3) is 0.200. The smallest absolute Gasteiger partial charge is 0.220 e. The molecule has 0 radical (unpaired) electrons. The van der Waals surface area contributed by atoms with Gasteiger partial charge in [0.15, 0.2) is 0 Å². The van der Waals surface area contributed by atoms with E-state index < -0.39 is 0 Å². The molecule has 2 aromatic carbocycles. The second-order valence-electron chi connectivity index (χ2n) is 7.37. The van der Waals surface area contributed by atoms with Crippen molar-refractivity contribution in [2.45, 2.75) is 32.4 Å². The van der Waals surface area contributed by atoms with Crippen molar-refractivity contribution >= 4 is 16.8 Å². The van der Waals surface area contributed by atoms with Crippen LogP contribution in [0, 0.1) is 0 Å². The van der Waals surface area contributed by atoms with E-state index in [9.17, 15) is 4.79 Å². The van der Waals surface area contributed by atoms with Crippen LogP contribution in [0.15, 0.2) is 79.3 Å². The molecule has 5 nitrogen and oxygen atoms in total. The average Bonchev–Trinajstić information content (AvgIpc) is 3.20. The van der Waals surface area contributed by atoms with E-state index in [1.54, 1.807) is 12.4 Å². The normalized spacial score (nSPS) is 11.9. The number of carbonyl (C=O) groups excluding carboxylic acids is 1. The number of benzene rings is 2. The lowest BCUT2D eigenvalue weighted by molar-refractivity contribution is -0.121. The molecule has 152 valence electrons. The van der Waals surface area contributed by atoms with Crippen molar-refractivity contribution in [3.05, 3.63) is 95.9 Å². The monoisotopic (exact) mass is 399 g/mol. The molecule has 2 N–H and O–H groups in total. The highest BCUT2D eigenvalue weighted by molar-refractivity contribution is 5.84. The van der Waals surface area contributed by atoms with Crippen LogP contribution in [0.4, 0.5) is 0 Å². The summed E-state index contributed by atoms with van der Waals surface area (Å²) >= 11 is 0. The van der Waals surface area contributed by atoms with E-state index in [-0.39, 0.29) is 11.9 Å². The molecule has 0 fully saturated rings. The summed E-state index contributed by atoms with van der Waals surface area (Å²) in [4.78, 5) is 19.8. The number of aromatic amines is 1. The number of hydrogen-bond acceptors (Lipinski definition) is 3. The van der Waals surface area contributed by atoms with Gasteiger partial charge in [0, 0.05) is 41.5 Å². The highest BCUT2D eigenvalue weighted by atomic mass is 16.5. The van der Waals surface area contributed by atoms with Crippen molar-refractivity contribution in [2.24, 2.45) is 0 Å². The number of rotatable bonds is 8. The highest BCUT2D eigenvalue weighted by Gasteiger charge is 2.11. The summed E-state index contributed by atoms with van der Waals surface area (Å²) in [5.74, 6) is 0.838. The highest BCUT2D eigenvalue weighted by Crippen LogP contribution is 2.21. The molecular weight excluding hydrogens is 374 g/mol.